The number of halogens is 3. The lowest BCUT2D eigenvalue weighted by Gasteiger charge is -2.21. The summed E-state index contributed by atoms with van der Waals surface area (Å²) in [4.78, 5) is 0. The fourth-order valence-electron chi connectivity index (χ4n) is 4.27. The zero-order valence-electron chi connectivity index (χ0n) is 20.2. The van der Waals surface area contributed by atoms with Crippen LogP contribution < -0.4 is 0 Å². The fourth-order valence-corrected chi connectivity index (χ4v) is 4.72. The van der Waals surface area contributed by atoms with Gasteiger partial charge in [0.25, 0.3) is 0 Å². The van der Waals surface area contributed by atoms with Crippen molar-refractivity contribution in [2.75, 3.05) is 26.4 Å². The van der Waals surface area contributed by atoms with E-state index in [1.54, 1.807) is 27.7 Å². The first-order chi connectivity index (χ1) is 16.2. The molecule has 35 heavy (non-hydrogen) atoms. The summed E-state index contributed by atoms with van der Waals surface area (Å²) in [6, 6.07) is 9.70. The molecule has 0 aliphatic carbocycles. The highest BCUT2D eigenvalue weighted by Crippen LogP contribution is 2.36. The molecule has 0 amide bonds. The van der Waals surface area contributed by atoms with Crippen molar-refractivity contribution in [3.8, 4) is 0 Å². The number of alkyl halides is 3. The Morgan fingerprint density at radius 1 is 0.886 bits per heavy atom. The first kappa shape index (κ1) is 28.3. The van der Waals surface area contributed by atoms with E-state index in [4.69, 9.17) is 23.7 Å². The van der Waals surface area contributed by atoms with Gasteiger partial charge in [0.15, 0.2) is 5.79 Å². The molecule has 2 fully saturated rings. The normalized spacial score (nSPS) is 28.4. The van der Waals surface area contributed by atoms with Crippen molar-refractivity contribution < 1.29 is 49.5 Å². The van der Waals surface area contributed by atoms with Crippen LogP contribution in [0.2, 0.25) is 0 Å². The molecule has 8 nitrogen and oxygen atoms in total. The van der Waals surface area contributed by atoms with Crippen LogP contribution in [0.1, 0.15) is 39.7 Å². The standard InChI is InChI=1S/C23H33F3O8S/c1-21(2)10-17(18(32-21)15-31-35(27,28)23(24,25)26)12-30-14-20-19(33-22(3,4)34-20)13-29-11-16-8-6-5-7-9-16/h5-9,17-20H,10-15H2,1-4H3. The van der Waals surface area contributed by atoms with Gasteiger partial charge in [-0.15, -0.1) is 0 Å². The maximum atomic E-state index is 12.6. The van der Waals surface area contributed by atoms with Gasteiger partial charge in [-0.25, -0.2) is 0 Å². The van der Waals surface area contributed by atoms with E-state index in [0.29, 0.717) is 13.0 Å². The van der Waals surface area contributed by atoms with Gasteiger partial charge in [0.05, 0.1) is 44.7 Å². The summed E-state index contributed by atoms with van der Waals surface area (Å²) >= 11 is 0. The van der Waals surface area contributed by atoms with Crippen LogP contribution in [0.15, 0.2) is 30.3 Å². The van der Waals surface area contributed by atoms with Crippen molar-refractivity contribution in [1.82, 2.24) is 0 Å². The van der Waals surface area contributed by atoms with Crippen molar-refractivity contribution in [1.29, 1.82) is 0 Å². The lowest BCUT2D eigenvalue weighted by atomic mass is 9.95. The minimum absolute atomic E-state index is 0.126. The van der Waals surface area contributed by atoms with E-state index in [1.807, 2.05) is 30.3 Å². The average Bonchev–Trinajstić information content (AvgIpc) is 3.20. The molecule has 0 radical (unpaired) electrons. The van der Waals surface area contributed by atoms with Crippen LogP contribution in [-0.2, 0) is 44.6 Å². The van der Waals surface area contributed by atoms with Gasteiger partial charge < -0.3 is 23.7 Å². The molecular formula is C23H33F3O8S. The van der Waals surface area contributed by atoms with Crippen LogP contribution in [0, 0.1) is 5.92 Å². The highest BCUT2D eigenvalue weighted by molar-refractivity contribution is 7.87. The third-order valence-electron chi connectivity index (χ3n) is 5.71. The molecule has 2 saturated heterocycles. The van der Waals surface area contributed by atoms with Crippen LogP contribution in [0.3, 0.4) is 0 Å². The minimum Gasteiger partial charge on any atom is -0.378 e. The smallest absolute Gasteiger partial charge is 0.378 e. The molecule has 4 unspecified atom stereocenters. The predicted octanol–water partition coefficient (Wildman–Crippen LogP) is 3.79. The van der Waals surface area contributed by atoms with E-state index in [2.05, 4.69) is 4.18 Å². The van der Waals surface area contributed by atoms with Crippen LogP contribution in [-0.4, -0.2) is 70.1 Å². The highest BCUT2D eigenvalue weighted by atomic mass is 32.2. The highest BCUT2D eigenvalue weighted by Gasteiger charge is 2.49. The minimum atomic E-state index is -5.70. The molecule has 12 heteroatoms. The zero-order chi connectivity index (χ0) is 25.9. The molecule has 0 saturated carbocycles. The second kappa shape index (κ2) is 11.0. The molecule has 2 heterocycles. The number of rotatable bonds is 11. The van der Waals surface area contributed by atoms with Crippen molar-refractivity contribution in [2.45, 2.75) is 75.9 Å². The van der Waals surface area contributed by atoms with E-state index < -0.39 is 45.8 Å². The molecule has 0 N–H and O–H groups in total. The largest absolute Gasteiger partial charge is 0.523 e. The molecule has 2 aliphatic heterocycles. The lowest BCUT2D eigenvalue weighted by molar-refractivity contribution is -0.155. The summed E-state index contributed by atoms with van der Waals surface area (Å²) in [5.74, 6) is -1.19. The summed E-state index contributed by atoms with van der Waals surface area (Å²) in [5.41, 5.74) is -5.12. The number of benzene rings is 1. The van der Waals surface area contributed by atoms with Gasteiger partial charge in [0.1, 0.15) is 12.2 Å². The zero-order valence-corrected chi connectivity index (χ0v) is 21.1. The molecule has 0 bridgehead atoms. The quantitative estimate of drug-likeness (QED) is 0.318. The van der Waals surface area contributed by atoms with Gasteiger partial charge in [-0.2, -0.15) is 21.6 Å². The Kier molecular flexibility index (Phi) is 8.89. The Morgan fingerprint density at radius 3 is 2.09 bits per heavy atom. The van der Waals surface area contributed by atoms with Gasteiger partial charge in [-0.05, 0) is 39.7 Å². The third kappa shape index (κ3) is 8.11. The lowest BCUT2D eigenvalue weighted by Crippen LogP contribution is -2.34. The van der Waals surface area contributed by atoms with E-state index in [0.717, 1.165) is 5.56 Å². The van der Waals surface area contributed by atoms with Crippen LogP contribution >= 0.6 is 0 Å². The Morgan fingerprint density at radius 2 is 1.49 bits per heavy atom. The molecule has 3 rings (SSSR count). The summed E-state index contributed by atoms with van der Waals surface area (Å²) < 4.78 is 93.8. The van der Waals surface area contributed by atoms with Gasteiger partial charge in [-0.3, -0.25) is 4.18 Å². The monoisotopic (exact) mass is 526 g/mol. The summed E-state index contributed by atoms with van der Waals surface area (Å²) in [6.07, 6.45) is -1.20. The van der Waals surface area contributed by atoms with Crippen LogP contribution in [0.25, 0.3) is 0 Å². The average molecular weight is 527 g/mol. The van der Waals surface area contributed by atoms with Gasteiger partial charge in [0, 0.05) is 5.92 Å². The number of hydrogen-bond donors (Lipinski definition) is 0. The van der Waals surface area contributed by atoms with E-state index in [1.165, 1.54) is 0 Å². The Balaban J connectivity index is 1.50. The summed E-state index contributed by atoms with van der Waals surface area (Å²) in [6.45, 7) is 7.38. The topological polar surface area (TPSA) is 89.5 Å². The van der Waals surface area contributed by atoms with Crippen molar-refractivity contribution >= 4 is 10.1 Å². The SMILES string of the molecule is CC1(C)CC(COCC2OC(C)(C)OC2COCc2ccccc2)C(COS(=O)(=O)C(F)(F)F)O1. The first-order valence-electron chi connectivity index (χ1n) is 11.4. The summed E-state index contributed by atoms with van der Waals surface area (Å²) in [5, 5.41) is 0. The van der Waals surface area contributed by atoms with Crippen LogP contribution in [0.4, 0.5) is 13.2 Å². The molecule has 4 atom stereocenters. The van der Waals surface area contributed by atoms with Gasteiger partial charge >= 0.3 is 15.6 Å². The fraction of sp³-hybridized carbons (Fsp3) is 0.739. The molecular weight excluding hydrogens is 493 g/mol. The molecule has 0 aromatic heterocycles. The maximum absolute atomic E-state index is 12.6. The Bertz CT molecular complexity index is 920. The van der Waals surface area contributed by atoms with Crippen molar-refractivity contribution in [3.05, 3.63) is 35.9 Å². The van der Waals surface area contributed by atoms with Crippen LogP contribution in [0.5, 0.6) is 0 Å². The van der Waals surface area contributed by atoms with Gasteiger partial charge in [-0.1, -0.05) is 30.3 Å². The van der Waals surface area contributed by atoms with E-state index in [-0.39, 0.29) is 31.8 Å². The second-order valence-corrected chi connectivity index (χ2v) is 11.4. The Labute approximate surface area is 204 Å². The molecule has 1 aromatic carbocycles. The molecule has 2 aliphatic rings. The maximum Gasteiger partial charge on any atom is 0.523 e. The molecule has 0 spiro atoms. The summed E-state index contributed by atoms with van der Waals surface area (Å²) in [7, 11) is -5.70. The van der Waals surface area contributed by atoms with Crippen molar-refractivity contribution in [2.24, 2.45) is 5.92 Å². The molecule has 1 aromatic rings. The van der Waals surface area contributed by atoms with E-state index in [9.17, 15) is 21.6 Å². The van der Waals surface area contributed by atoms with Gasteiger partial charge in [0.2, 0.25) is 0 Å². The first-order valence-corrected chi connectivity index (χ1v) is 12.8. The number of ether oxygens (including phenoxy) is 5. The third-order valence-corrected chi connectivity index (χ3v) is 6.73. The number of hydrogen-bond acceptors (Lipinski definition) is 8. The van der Waals surface area contributed by atoms with Crippen molar-refractivity contribution in [3.63, 3.8) is 0 Å². The molecule has 200 valence electrons. The Hall–Kier alpha value is -1.28. The van der Waals surface area contributed by atoms with E-state index >= 15 is 0 Å². The second-order valence-electron chi connectivity index (χ2n) is 9.82. The predicted molar refractivity (Wildman–Crippen MR) is 119 cm³/mol.